The predicted molar refractivity (Wildman–Crippen MR) is 109 cm³/mol. The fraction of sp³-hybridized carbons (Fsp3) is 0.381. The first kappa shape index (κ1) is 18.9. The van der Waals surface area contributed by atoms with Gasteiger partial charge in [-0.1, -0.05) is 27.0 Å². The summed E-state index contributed by atoms with van der Waals surface area (Å²) in [6.07, 6.45) is 5.24. The Hall–Kier alpha value is -2.89. The maximum absolute atomic E-state index is 4.81. The Morgan fingerprint density at radius 3 is 2.19 bits per heavy atom. The number of aryl methyl sites for hydroxylation is 1. The maximum atomic E-state index is 4.81. The summed E-state index contributed by atoms with van der Waals surface area (Å²) in [5.74, 6) is 0.930. The molecule has 0 unspecified atom stereocenters. The first-order valence-electron chi connectivity index (χ1n) is 9.03. The number of rotatable bonds is 4. The first-order chi connectivity index (χ1) is 12.6. The summed E-state index contributed by atoms with van der Waals surface area (Å²) in [5.41, 5.74) is 4.55. The number of aromatic nitrogens is 6. The van der Waals surface area contributed by atoms with Crippen LogP contribution in [0.2, 0.25) is 0 Å². The highest BCUT2D eigenvalue weighted by molar-refractivity contribution is 6.06. The molecule has 0 saturated carbocycles. The number of hydrogen-bond acceptors (Lipinski definition) is 5. The molecule has 0 atom stereocenters. The van der Waals surface area contributed by atoms with Gasteiger partial charge < -0.3 is 0 Å². The van der Waals surface area contributed by atoms with Gasteiger partial charge >= 0.3 is 0 Å². The molecule has 0 bridgehead atoms. The van der Waals surface area contributed by atoms with Crippen LogP contribution in [0.5, 0.6) is 0 Å². The molecule has 27 heavy (non-hydrogen) atoms. The summed E-state index contributed by atoms with van der Waals surface area (Å²) in [7, 11) is 0. The highest BCUT2D eigenvalue weighted by Gasteiger charge is 2.25. The van der Waals surface area contributed by atoms with Crippen molar-refractivity contribution >= 4 is 22.2 Å². The lowest BCUT2D eigenvalue weighted by molar-refractivity contribution is 0.365. The second-order valence-corrected chi connectivity index (χ2v) is 8.04. The van der Waals surface area contributed by atoms with Crippen molar-refractivity contribution in [2.75, 3.05) is 0 Å². The number of nitrogens with zero attached hydrogens (tertiary/aromatic N) is 6. The number of hydrogen-bond donors (Lipinski definition) is 0. The molecule has 0 aliphatic carbocycles. The minimum Gasteiger partial charge on any atom is -0.241 e. The largest absolute Gasteiger partial charge is 0.241 e. The smallest absolute Gasteiger partial charge is 0.162 e. The van der Waals surface area contributed by atoms with E-state index in [0.29, 0.717) is 22.9 Å². The van der Waals surface area contributed by atoms with Gasteiger partial charge in [-0.3, -0.25) is 0 Å². The molecular formula is C21H26N6. The van der Waals surface area contributed by atoms with Crippen molar-refractivity contribution in [3.63, 3.8) is 0 Å². The van der Waals surface area contributed by atoms with Gasteiger partial charge in [0.15, 0.2) is 11.5 Å². The van der Waals surface area contributed by atoms with E-state index in [2.05, 4.69) is 67.7 Å². The minimum atomic E-state index is -0.228. The van der Waals surface area contributed by atoms with Crippen LogP contribution in [0, 0.1) is 6.92 Å². The second-order valence-electron chi connectivity index (χ2n) is 8.04. The van der Waals surface area contributed by atoms with Crippen molar-refractivity contribution in [2.45, 2.75) is 53.0 Å². The van der Waals surface area contributed by atoms with E-state index in [1.54, 1.807) is 6.33 Å². The molecule has 6 nitrogen and oxygen atoms in total. The molecule has 3 heterocycles. The molecule has 0 amide bonds. The van der Waals surface area contributed by atoms with E-state index in [9.17, 15) is 0 Å². The van der Waals surface area contributed by atoms with Gasteiger partial charge in [-0.05, 0) is 39.2 Å². The predicted octanol–water partition coefficient (Wildman–Crippen LogP) is 4.53. The van der Waals surface area contributed by atoms with E-state index in [-0.39, 0.29) is 5.54 Å². The summed E-state index contributed by atoms with van der Waals surface area (Å²) in [6.45, 7) is 20.8. The Labute approximate surface area is 160 Å². The zero-order valence-electron chi connectivity index (χ0n) is 16.9. The molecule has 140 valence electrons. The van der Waals surface area contributed by atoms with E-state index in [4.69, 9.17) is 5.10 Å². The second kappa shape index (κ2) is 6.68. The van der Waals surface area contributed by atoms with Crippen LogP contribution in [0.4, 0.5) is 0 Å². The normalized spacial score (nSPS) is 12.0. The van der Waals surface area contributed by atoms with Gasteiger partial charge in [-0.2, -0.15) is 5.10 Å². The van der Waals surface area contributed by atoms with Crippen LogP contribution in [-0.4, -0.2) is 29.7 Å². The number of fused-ring (bicyclic) bond motifs is 1. The molecule has 3 aromatic rings. The van der Waals surface area contributed by atoms with E-state index >= 15 is 0 Å². The third-order valence-electron chi connectivity index (χ3n) is 4.55. The Bertz CT molecular complexity index is 1020. The maximum Gasteiger partial charge on any atom is 0.162 e. The van der Waals surface area contributed by atoms with Crippen molar-refractivity contribution < 1.29 is 0 Å². The van der Waals surface area contributed by atoms with Gasteiger partial charge in [-0.15, -0.1) is 0 Å². The summed E-state index contributed by atoms with van der Waals surface area (Å²) >= 11 is 0. The van der Waals surface area contributed by atoms with Crippen molar-refractivity contribution in [1.29, 1.82) is 0 Å². The summed E-state index contributed by atoms with van der Waals surface area (Å²) in [5, 5.41) is 5.70. The lowest BCUT2D eigenvalue weighted by atomic mass is 10.0. The van der Waals surface area contributed by atoms with E-state index < -0.39 is 0 Å². The van der Waals surface area contributed by atoms with E-state index in [1.807, 2.05) is 24.0 Å². The monoisotopic (exact) mass is 362 g/mol. The van der Waals surface area contributed by atoms with Gasteiger partial charge in [0.1, 0.15) is 12.0 Å². The van der Waals surface area contributed by atoms with Crippen molar-refractivity contribution in [3.05, 3.63) is 54.7 Å². The Morgan fingerprint density at radius 1 is 1.00 bits per heavy atom. The van der Waals surface area contributed by atoms with Crippen LogP contribution in [0.15, 0.2) is 31.9 Å². The molecule has 0 saturated heterocycles. The Morgan fingerprint density at radius 2 is 1.63 bits per heavy atom. The fourth-order valence-electron chi connectivity index (χ4n) is 2.85. The summed E-state index contributed by atoms with van der Waals surface area (Å²) in [4.78, 5) is 17.7. The zero-order chi connectivity index (χ0) is 19.9. The molecule has 0 aromatic carbocycles. The Balaban J connectivity index is 2.09. The molecular weight excluding hydrogens is 336 g/mol. The molecule has 0 spiro atoms. The molecule has 0 aliphatic heterocycles. The van der Waals surface area contributed by atoms with Crippen LogP contribution < -0.4 is 0 Å². The molecule has 0 N–H and O–H groups in total. The third kappa shape index (κ3) is 3.39. The fourth-order valence-corrected chi connectivity index (χ4v) is 2.85. The zero-order valence-corrected chi connectivity index (χ0v) is 16.9. The Kier molecular flexibility index (Phi) is 4.68. The van der Waals surface area contributed by atoms with E-state index in [0.717, 1.165) is 28.0 Å². The number of allylic oxidation sites excluding steroid dienone is 2. The van der Waals surface area contributed by atoms with E-state index in [1.165, 1.54) is 0 Å². The lowest BCUT2D eigenvalue weighted by Gasteiger charge is -2.19. The quantitative estimate of drug-likeness (QED) is 0.638. The average Bonchev–Trinajstić information content (AvgIpc) is 3.02. The van der Waals surface area contributed by atoms with Crippen LogP contribution in [0.25, 0.3) is 22.2 Å². The minimum absolute atomic E-state index is 0.228. The van der Waals surface area contributed by atoms with Crippen LogP contribution in [-0.2, 0) is 5.54 Å². The van der Waals surface area contributed by atoms with Crippen molar-refractivity contribution in [2.24, 2.45) is 0 Å². The standard InChI is InChI=1S/C21H26N6/c1-12(2)16-9-22-19(23-10-16)14(4)13(3)18-17-15(5)24-11-25-20(17)27(26-18)21(6,7)8/h9-12H,3-4H2,1-2,5-8H3. The molecule has 6 heteroatoms. The lowest BCUT2D eigenvalue weighted by Crippen LogP contribution is -2.23. The SMILES string of the molecule is C=C(C(=C)c1nn(C(C)(C)C)c2ncnc(C)c12)c1ncc(C(C)C)cn1. The molecule has 3 aromatic heterocycles. The van der Waals surface area contributed by atoms with Gasteiger partial charge in [-0.25, -0.2) is 24.6 Å². The highest BCUT2D eigenvalue weighted by atomic mass is 15.3. The third-order valence-corrected chi connectivity index (χ3v) is 4.55. The van der Waals surface area contributed by atoms with Gasteiger partial charge in [0.25, 0.3) is 0 Å². The van der Waals surface area contributed by atoms with Crippen LogP contribution in [0.3, 0.4) is 0 Å². The van der Waals surface area contributed by atoms with Crippen LogP contribution in [0.1, 0.15) is 63.3 Å². The highest BCUT2D eigenvalue weighted by Crippen LogP contribution is 2.33. The van der Waals surface area contributed by atoms with Gasteiger partial charge in [0.05, 0.1) is 16.6 Å². The van der Waals surface area contributed by atoms with Crippen molar-refractivity contribution in [3.8, 4) is 0 Å². The average molecular weight is 362 g/mol. The first-order valence-corrected chi connectivity index (χ1v) is 9.03. The molecule has 0 fully saturated rings. The molecule has 0 radical (unpaired) electrons. The van der Waals surface area contributed by atoms with Crippen LogP contribution >= 0.6 is 0 Å². The summed E-state index contributed by atoms with van der Waals surface area (Å²) in [6, 6.07) is 0. The van der Waals surface area contributed by atoms with Gasteiger partial charge in [0, 0.05) is 23.5 Å². The topological polar surface area (TPSA) is 69.4 Å². The molecule has 0 aliphatic rings. The van der Waals surface area contributed by atoms with Crippen molar-refractivity contribution in [1.82, 2.24) is 29.7 Å². The summed E-state index contributed by atoms with van der Waals surface area (Å²) < 4.78 is 1.91. The molecule has 3 rings (SSSR count). The van der Waals surface area contributed by atoms with Gasteiger partial charge in [0.2, 0.25) is 0 Å².